The number of nitro groups is 1. The molecular formula is C28H37N7O4. The van der Waals surface area contributed by atoms with E-state index < -0.39 is 16.6 Å². The highest BCUT2D eigenvalue weighted by atomic mass is 16.6. The van der Waals surface area contributed by atoms with Gasteiger partial charge in [0, 0.05) is 49.2 Å². The number of pyridine rings is 1. The fraction of sp³-hybridized carbons (Fsp3) is 0.429. The largest absolute Gasteiger partial charge is 0.458 e. The van der Waals surface area contributed by atoms with Crippen molar-refractivity contribution in [1.82, 2.24) is 15.0 Å². The average molecular weight is 536 g/mol. The van der Waals surface area contributed by atoms with Crippen molar-refractivity contribution in [2.75, 3.05) is 28.6 Å². The summed E-state index contributed by atoms with van der Waals surface area (Å²) in [6, 6.07) is 9.51. The lowest BCUT2D eigenvalue weighted by molar-refractivity contribution is -0.384. The number of aromatic nitrogens is 3. The van der Waals surface area contributed by atoms with E-state index in [0.29, 0.717) is 30.3 Å². The summed E-state index contributed by atoms with van der Waals surface area (Å²) in [5.41, 5.74) is 1.63. The predicted octanol–water partition coefficient (Wildman–Crippen LogP) is 5.30. The standard InChI is InChI=1S/C28H37N7O4/c1-7-20-18-30-27(34(8-2)9-3)33-24(20)32-22(26(36)39-28(4,5)6)17-19-12-14-21(15-13-19)31-25-23(35(37)38)11-10-16-29-25/h10-16,18,22H,7-9,17H2,1-6H3,(H,29,31)(H,30,32,33)/t22-/m0/s1. The Kier molecular flexibility index (Phi) is 9.75. The molecule has 1 atom stereocenters. The molecule has 1 aromatic carbocycles. The number of esters is 1. The molecule has 0 fully saturated rings. The van der Waals surface area contributed by atoms with Crippen molar-refractivity contribution in [3.63, 3.8) is 0 Å². The van der Waals surface area contributed by atoms with E-state index in [1.165, 1.54) is 18.3 Å². The van der Waals surface area contributed by atoms with Gasteiger partial charge in [0.25, 0.3) is 0 Å². The minimum Gasteiger partial charge on any atom is -0.458 e. The van der Waals surface area contributed by atoms with Crippen LogP contribution in [0.1, 0.15) is 52.7 Å². The van der Waals surface area contributed by atoms with E-state index in [-0.39, 0.29) is 17.5 Å². The van der Waals surface area contributed by atoms with E-state index in [2.05, 4.69) is 20.6 Å². The van der Waals surface area contributed by atoms with Gasteiger partial charge in [-0.1, -0.05) is 19.1 Å². The highest BCUT2D eigenvalue weighted by molar-refractivity contribution is 5.80. The molecule has 11 heteroatoms. The number of anilines is 4. The van der Waals surface area contributed by atoms with Gasteiger partial charge in [0.2, 0.25) is 11.8 Å². The van der Waals surface area contributed by atoms with Crippen LogP contribution in [0.15, 0.2) is 48.8 Å². The number of carbonyl (C=O) groups is 1. The number of rotatable bonds is 12. The van der Waals surface area contributed by atoms with E-state index in [9.17, 15) is 14.9 Å². The molecule has 208 valence electrons. The van der Waals surface area contributed by atoms with Gasteiger partial charge < -0.3 is 20.3 Å². The van der Waals surface area contributed by atoms with E-state index >= 15 is 0 Å². The van der Waals surface area contributed by atoms with Crippen LogP contribution in [0.2, 0.25) is 0 Å². The average Bonchev–Trinajstić information content (AvgIpc) is 2.89. The third kappa shape index (κ3) is 8.10. The third-order valence-electron chi connectivity index (χ3n) is 5.92. The lowest BCUT2D eigenvalue weighted by Gasteiger charge is -2.26. The zero-order valence-corrected chi connectivity index (χ0v) is 23.4. The number of carbonyl (C=O) groups excluding carboxylic acids is 1. The Labute approximate surface area is 229 Å². The van der Waals surface area contributed by atoms with Crippen molar-refractivity contribution in [1.29, 1.82) is 0 Å². The molecular weight excluding hydrogens is 498 g/mol. The van der Waals surface area contributed by atoms with Gasteiger partial charge in [-0.05, 0) is 64.8 Å². The first-order chi connectivity index (χ1) is 18.5. The summed E-state index contributed by atoms with van der Waals surface area (Å²) in [7, 11) is 0. The van der Waals surface area contributed by atoms with Crippen LogP contribution in [0.5, 0.6) is 0 Å². The summed E-state index contributed by atoms with van der Waals surface area (Å²) in [6.45, 7) is 13.1. The van der Waals surface area contributed by atoms with Crippen LogP contribution in [-0.2, 0) is 22.4 Å². The van der Waals surface area contributed by atoms with Gasteiger partial charge in [0.05, 0.1) is 4.92 Å². The molecule has 0 saturated carbocycles. The monoisotopic (exact) mass is 535 g/mol. The maximum atomic E-state index is 13.3. The number of aryl methyl sites for hydroxylation is 1. The van der Waals surface area contributed by atoms with E-state index in [4.69, 9.17) is 9.72 Å². The Bertz CT molecular complexity index is 1270. The SMILES string of the molecule is CCc1cnc(N(CC)CC)nc1N[C@@H](Cc1ccc(Nc2ncccc2[N+](=O)[O-])cc1)C(=O)OC(C)(C)C. The summed E-state index contributed by atoms with van der Waals surface area (Å²) < 4.78 is 5.74. The van der Waals surface area contributed by atoms with Gasteiger partial charge in [-0.25, -0.2) is 14.8 Å². The topological polar surface area (TPSA) is 135 Å². The molecule has 2 N–H and O–H groups in total. The molecule has 11 nitrogen and oxygen atoms in total. The Morgan fingerprint density at radius 1 is 1.08 bits per heavy atom. The molecule has 0 radical (unpaired) electrons. The van der Waals surface area contributed by atoms with E-state index in [1.807, 2.05) is 58.6 Å². The number of hydrogen-bond acceptors (Lipinski definition) is 10. The van der Waals surface area contributed by atoms with Gasteiger partial charge in [-0.3, -0.25) is 10.1 Å². The molecule has 39 heavy (non-hydrogen) atoms. The van der Waals surface area contributed by atoms with Crippen LogP contribution in [0.4, 0.5) is 29.0 Å². The number of nitrogens with zero attached hydrogens (tertiary/aromatic N) is 5. The Balaban J connectivity index is 1.86. The second kappa shape index (κ2) is 13.0. The fourth-order valence-corrected chi connectivity index (χ4v) is 3.91. The molecule has 3 rings (SSSR count). The van der Waals surface area contributed by atoms with Crippen molar-refractivity contribution in [3.8, 4) is 0 Å². The molecule has 2 aromatic heterocycles. The Hall–Kier alpha value is -4.28. The molecule has 3 aromatic rings. The highest BCUT2D eigenvalue weighted by Crippen LogP contribution is 2.26. The zero-order chi connectivity index (χ0) is 28.6. The minimum absolute atomic E-state index is 0.114. The fourth-order valence-electron chi connectivity index (χ4n) is 3.91. The molecule has 0 aliphatic heterocycles. The third-order valence-corrected chi connectivity index (χ3v) is 5.92. The first-order valence-corrected chi connectivity index (χ1v) is 13.1. The lowest BCUT2D eigenvalue weighted by atomic mass is 10.0. The number of ether oxygens (including phenoxy) is 1. The van der Waals surface area contributed by atoms with E-state index in [1.54, 1.807) is 18.3 Å². The molecule has 0 amide bonds. The van der Waals surface area contributed by atoms with Crippen LogP contribution in [0.25, 0.3) is 0 Å². The van der Waals surface area contributed by atoms with Crippen LogP contribution in [0.3, 0.4) is 0 Å². The Morgan fingerprint density at radius 2 is 1.77 bits per heavy atom. The van der Waals surface area contributed by atoms with Crippen molar-refractivity contribution in [2.45, 2.75) is 66.0 Å². The first-order valence-electron chi connectivity index (χ1n) is 13.1. The minimum atomic E-state index is -0.704. The Morgan fingerprint density at radius 3 is 2.36 bits per heavy atom. The highest BCUT2D eigenvalue weighted by Gasteiger charge is 2.27. The summed E-state index contributed by atoms with van der Waals surface area (Å²) in [6.07, 6.45) is 4.32. The number of nitrogens with one attached hydrogen (secondary N) is 2. The molecule has 0 saturated heterocycles. The summed E-state index contributed by atoms with van der Waals surface area (Å²) >= 11 is 0. The quantitative estimate of drug-likeness (QED) is 0.179. The second-order valence-electron chi connectivity index (χ2n) is 9.95. The normalized spacial score (nSPS) is 11.9. The van der Waals surface area contributed by atoms with Crippen molar-refractivity contribution < 1.29 is 14.5 Å². The smallest absolute Gasteiger partial charge is 0.329 e. The molecule has 0 bridgehead atoms. The number of hydrogen-bond donors (Lipinski definition) is 2. The maximum absolute atomic E-state index is 13.3. The lowest BCUT2D eigenvalue weighted by Crippen LogP contribution is -2.38. The van der Waals surface area contributed by atoms with Crippen LogP contribution in [-0.4, -0.2) is 50.6 Å². The van der Waals surface area contributed by atoms with Gasteiger partial charge in [-0.15, -0.1) is 0 Å². The molecule has 0 spiro atoms. The van der Waals surface area contributed by atoms with Gasteiger partial charge in [-0.2, -0.15) is 4.98 Å². The van der Waals surface area contributed by atoms with Crippen LogP contribution in [0, 0.1) is 10.1 Å². The van der Waals surface area contributed by atoms with Gasteiger partial charge in [0.15, 0.2) is 0 Å². The van der Waals surface area contributed by atoms with Crippen molar-refractivity contribution >= 4 is 34.9 Å². The molecule has 2 heterocycles. The number of benzene rings is 1. The molecule has 0 aliphatic rings. The van der Waals surface area contributed by atoms with Gasteiger partial charge in [0.1, 0.15) is 17.5 Å². The van der Waals surface area contributed by atoms with E-state index in [0.717, 1.165) is 24.2 Å². The molecule has 0 aliphatic carbocycles. The molecule has 0 unspecified atom stereocenters. The summed E-state index contributed by atoms with van der Waals surface area (Å²) in [5.74, 6) is 0.968. The predicted molar refractivity (Wildman–Crippen MR) is 153 cm³/mol. The second-order valence-corrected chi connectivity index (χ2v) is 9.95. The van der Waals surface area contributed by atoms with Crippen LogP contribution >= 0.6 is 0 Å². The van der Waals surface area contributed by atoms with Gasteiger partial charge >= 0.3 is 11.7 Å². The van der Waals surface area contributed by atoms with Crippen LogP contribution < -0.4 is 15.5 Å². The maximum Gasteiger partial charge on any atom is 0.329 e. The van der Waals surface area contributed by atoms with Crippen molar-refractivity contribution in [2.24, 2.45) is 0 Å². The first kappa shape index (κ1) is 29.3. The summed E-state index contributed by atoms with van der Waals surface area (Å²) in [4.78, 5) is 39.5. The summed E-state index contributed by atoms with van der Waals surface area (Å²) in [5, 5.41) is 17.6. The zero-order valence-electron chi connectivity index (χ0n) is 23.4. The van der Waals surface area contributed by atoms with Crippen molar-refractivity contribution in [3.05, 3.63) is 70.0 Å².